The maximum atomic E-state index is 12.9. The Morgan fingerprint density at radius 3 is 2.75 bits per heavy atom. The lowest BCUT2D eigenvalue weighted by atomic mass is 10.1. The van der Waals surface area contributed by atoms with Crippen LogP contribution in [0.25, 0.3) is 11.0 Å². The second-order valence-corrected chi connectivity index (χ2v) is 7.31. The van der Waals surface area contributed by atoms with Crippen molar-refractivity contribution in [1.82, 2.24) is 9.55 Å². The van der Waals surface area contributed by atoms with Crippen molar-refractivity contribution in [2.45, 2.75) is 32.7 Å². The first-order valence-electron chi connectivity index (χ1n) is 9.70. The number of fused-ring (bicyclic) bond motifs is 1. The molecule has 1 saturated heterocycles. The number of nitrogens with zero attached hydrogens (tertiary/aromatic N) is 3. The van der Waals surface area contributed by atoms with Crippen molar-refractivity contribution in [2.24, 2.45) is 0 Å². The van der Waals surface area contributed by atoms with Crippen LogP contribution >= 0.6 is 0 Å². The zero-order chi connectivity index (χ0) is 19.7. The highest BCUT2D eigenvalue weighted by Gasteiger charge is 2.35. The molecule has 1 amide bonds. The summed E-state index contributed by atoms with van der Waals surface area (Å²) in [6.07, 6.45) is 0.444. The van der Waals surface area contributed by atoms with E-state index in [-0.39, 0.29) is 11.8 Å². The third kappa shape index (κ3) is 3.28. The van der Waals surface area contributed by atoms with Gasteiger partial charge in [-0.3, -0.25) is 4.79 Å². The monoisotopic (exact) mass is 375 g/mol. The molecule has 2 aromatic carbocycles. The van der Waals surface area contributed by atoms with Crippen LogP contribution in [0, 0.1) is 0 Å². The van der Waals surface area contributed by atoms with Crippen molar-refractivity contribution in [1.29, 1.82) is 0 Å². The van der Waals surface area contributed by atoms with Gasteiger partial charge in [-0.25, -0.2) is 4.98 Å². The van der Waals surface area contributed by atoms with E-state index < -0.39 is 0 Å². The Labute approximate surface area is 165 Å². The quantitative estimate of drug-likeness (QED) is 0.595. The van der Waals surface area contributed by atoms with Gasteiger partial charge in [0.15, 0.2) is 0 Å². The Balaban J connectivity index is 1.71. The lowest BCUT2D eigenvalue weighted by Gasteiger charge is -2.20. The average Bonchev–Trinajstić information content (AvgIpc) is 3.23. The Morgan fingerprint density at radius 1 is 1.21 bits per heavy atom. The van der Waals surface area contributed by atoms with Crippen molar-refractivity contribution in [3.05, 3.63) is 66.5 Å². The highest BCUT2D eigenvalue weighted by molar-refractivity contribution is 5.97. The van der Waals surface area contributed by atoms with Gasteiger partial charge < -0.3 is 14.2 Å². The van der Waals surface area contributed by atoms with Gasteiger partial charge in [0.2, 0.25) is 5.91 Å². The van der Waals surface area contributed by atoms with Crippen molar-refractivity contribution < 1.29 is 9.53 Å². The Bertz CT molecular complexity index is 1040. The van der Waals surface area contributed by atoms with E-state index in [4.69, 9.17) is 9.72 Å². The van der Waals surface area contributed by atoms with Crippen LogP contribution in [0.2, 0.25) is 0 Å². The Morgan fingerprint density at radius 2 is 1.96 bits per heavy atom. The van der Waals surface area contributed by atoms with Gasteiger partial charge in [-0.05, 0) is 38.1 Å². The molecule has 4 rings (SSSR count). The zero-order valence-electron chi connectivity index (χ0n) is 16.4. The normalized spacial score (nSPS) is 16.7. The Hall–Kier alpha value is -3.08. The van der Waals surface area contributed by atoms with Crippen molar-refractivity contribution in [2.75, 3.05) is 18.1 Å². The van der Waals surface area contributed by atoms with E-state index in [2.05, 4.69) is 17.2 Å². The molecular formula is C23H25N3O2. The number of aromatic nitrogens is 2. The highest BCUT2D eigenvalue weighted by Crippen LogP contribution is 2.37. The third-order valence-electron chi connectivity index (χ3n) is 5.06. The van der Waals surface area contributed by atoms with E-state index in [1.807, 2.05) is 61.2 Å². The van der Waals surface area contributed by atoms with Crippen LogP contribution in [0.15, 0.2) is 60.7 Å². The topological polar surface area (TPSA) is 47.4 Å². The van der Waals surface area contributed by atoms with E-state index in [0.717, 1.165) is 33.9 Å². The zero-order valence-corrected chi connectivity index (χ0v) is 16.4. The van der Waals surface area contributed by atoms with Gasteiger partial charge in [-0.1, -0.05) is 36.4 Å². The number of para-hydroxylation sites is 4. The number of hydrogen-bond acceptors (Lipinski definition) is 3. The average molecular weight is 375 g/mol. The summed E-state index contributed by atoms with van der Waals surface area (Å²) in [7, 11) is 0. The molecule has 0 saturated carbocycles. The minimum absolute atomic E-state index is 0.0360. The largest absolute Gasteiger partial charge is 0.492 e. The molecule has 144 valence electrons. The van der Waals surface area contributed by atoms with Crippen LogP contribution in [-0.4, -0.2) is 28.6 Å². The molecule has 1 aliphatic heterocycles. The number of carbonyl (C=O) groups is 1. The van der Waals surface area contributed by atoms with Crippen molar-refractivity contribution in [3.8, 4) is 5.75 Å². The summed E-state index contributed by atoms with van der Waals surface area (Å²) >= 11 is 0. The second-order valence-electron chi connectivity index (χ2n) is 7.31. The number of rotatable bonds is 6. The minimum Gasteiger partial charge on any atom is -0.492 e. The molecule has 1 fully saturated rings. The summed E-state index contributed by atoms with van der Waals surface area (Å²) in [6.45, 7) is 9.91. The predicted octanol–water partition coefficient (Wildman–Crippen LogP) is 4.53. The van der Waals surface area contributed by atoms with Gasteiger partial charge in [0.25, 0.3) is 0 Å². The van der Waals surface area contributed by atoms with Crippen molar-refractivity contribution >= 4 is 22.6 Å². The summed E-state index contributed by atoms with van der Waals surface area (Å²) in [5.74, 6) is 1.84. The molecular weight excluding hydrogens is 350 g/mol. The number of allylic oxidation sites excluding steroid dienone is 1. The van der Waals surface area contributed by atoms with Crippen LogP contribution in [0.4, 0.5) is 5.69 Å². The van der Waals surface area contributed by atoms with Crippen LogP contribution in [0.3, 0.4) is 0 Å². The molecule has 0 spiro atoms. The SMILES string of the molecule is C=C(C)Cn1c([C@@H]2CC(=O)N(c3ccccc3OCC)C2)nc2ccccc21. The first-order valence-corrected chi connectivity index (χ1v) is 9.70. The van der Waals surface area contributed by atoms with Crippen LogP contribution in [-0.2, 0) is 11.3 Å². The van der Waals surface area contributed by atoms with E-state index >= 15 is 0 Å². The number of hydrogen-bond donors (Lipinski definition) is 0. The number of anilines is 1. The fourth-order valence-electron chi connectivity index (χ4n) is 3.91. The van der Waals surface area contributed by atoms with E-state index in [0.29, 0.717) is 26.1 Å². The number of benzene rings is 2. The third-order valence-corrected chi connectivity index (χ3v) is 5.06. The maximum Gasteiger partial charge on any atom is 0.227 e. The summed E-state index contributed by atoms with van der Waals surface area (Å²) in [4.78, 5) is 19.6. The van der Waals surface area contributed by atoms with Crippen LogP contribution in [0.1, 0.15) is 32.0 Å². The second kappa shape index (κ2) is 7.50. The van der Waals surface area contributed by atoms with E-state index in [1.165, 1.54) is 0 Å². The van der Waals surface area contributed by atoms with Gasteiger partial charge in [-0.15, -0.1) is 0 Å². The molecule has 0 radical (unpaired) electrons. The highest BCUT2D eigenvalue weighted by atomic mass is 16.5. The molecule has 5 nitrogen and oxygen atoms in total. The maximum absolute atomic E-state index is 12.9. The smallest absolute Gasteiger partial charge is 0.227 e. The van der Waals surface area contributed by atoms with Gasteiger partial charge in [0.1, 0.15) is 11.6 Å². The van der Waals surface area contributed by atoms with Crippen LogP contribution < -0.4 is 9.64 Å². The molecule has 1 atom stereocenters. The standard InChI is InChI=1S/C23H25N3O2/c1-4-28-21-12-8-7-11-20(21)25-15-17(13-22(25)27)23-24-18-9-5-6-10-19(18)26(23)14-16(2)3/h5-12,17H,2,4,13-15H2,1,3H3/t17-/m1/s1. The first-order chi connectivity index (χ1) is 13.6. The summed E-state index contributed by atoms with van der Waals surface area (Å²) in [5.41, 5.74) is 3.94. The number of carbonyl (C=O) groups excluding carboxylic acids is 1. The van der Waals surface area contributed by atoms with Gasteiger partial charge in [0.05, 0.1) is 23.3 Å². The van der Waals surface area contributed by atoms with Gasteiger partial charge in [-0.2, -0.15) is 0 Å². The molecule has 5 heteroatoms. The predicted molar refractivity (Wildman–Crippen MR) is 112 cm³/mol. The molecule has 3 aromatic rings. The molecule has 0 bridgehead atoms. The van der Waals surface area contributed by atoms with E-state index in [1.54, 1.807) is 0 Å². The Kier molecular flexibility index (Phi) is 4.90. The van der Waals surface area contributed by atoms with E-state index in [9.17, 15) is 4.79 Å². The molecule has 0 unspecified atom stereocenters. The van der Waals surface area contributed by atoms with Gasteiger partial charge in [0, 0.05) is 25.4 Å². The first kappa shape index (κ1) is 18.3. The fraction of sp³-hybridized carbons (Fsp3) is 0.304. The summed E-state index contributed by atoms with van der Waals surface area (Å²) in [5, 5.41) is 0. The lowest BCUT2D eigenvalue weighted by Crippen LogP contribution is -2.25. The molecule has 28 heavy (non-hydrogen) atoms. The summed E-state index contributed by atoms with van der Waals surface area (Å²) < 4.78 is 7.94. The molecule has 2 heterocycles. The molecule has 0 aliphatic carbocycles. The molecule has 0 N–H and O–H groups in total. The minimum atomic E-state index is 0.0360. The molecule has 1 aliphatic rings. The van der Waals surface area contributed by atoms with Crippen LogP contribution in [0.5, 0.6) is 5.75 Å². The number of imidazole rings is 1. The summed E-state index contributed by atoms with van der Waals surface area (Å²) in [6, 6.07) is 15.8. The number of amides is 1. The van der Waals surface area contributed by atoms with Crippen molar-refractivity contribution in [3.63, 3.8) is 0 Å². The molecule has 1 aromatic heterocycles. The lowest BCUT2D eigenvalue weighted by molar-refractivity contribution is -0.117. The number of ether oxygens (including phenoxy) is 1. The van der Waals surface area contributed by atoms with Gasteiger partial charge >= 0.3 is 0 Å². The fourth-order valence-corrected chi connectivity index (χ4v) is 3.91.